The highest BCUT2D eigenvalue weighted by molar-refractivity contribution is 5.36. The number of benzene rings is 1. The van der Waals surface area contributed by atoms with E-state index >= 15 is 0 Å². The number of rotatable bonds is 4. The lowest BCUT2D eigenvalue weighted by atomic mass is 9.84. The van der Waals surface area contributed by atoms with E-state index in [1.54, 1.807) is 11.1 Å². The molecule has 0 radical (unpaired) electrons. The summed E-state index contributed by atoms with van der Waals surface area (Å²) in [6.45, 7) is 15.7. The Morgan fingerprint density at radius 3 is 2.43 bits per heavy atom. The monoisotopic (exact) mass is 316 g/mol. The third-order valence-corrected chi connectivity index (χ3v) is 5.22. The third kappa shape index (κ3) is 4.56. The fraction of sp³-hybridized carbons (Fsp3) is 0.700. The van der Waals surface area contributed by atoms with E-state index in [9.17, 15) is 0 Å². The van der Waals surface area contributed by atoms with Gasteiger partial charge in [-0.15, -0.1) is 0 Å². The Hall–Kier alpha value is -0.900. The van der Waals surface area contributed by atoms with Crippen LogP contribution in [0, 0.1) is 0 Å². The number of hydrogen-bond donors (Lipinski definition) is 0. The van der Waals surface area contributed by atoms with Crippen molar-refractivity contribution in [2.45, 2.75) is 45.6 Å². The standard InChI is InChI=1S/C20H32N2O/c1-20(2,3)19-6-5-17-7-10-22(16-18(17)15-19)9-4-8-21-11-13-23-14-12-21/h5-6,15H,4,7-14,16H2,1-3H3. The van der Waals surface area contributed by atoms with Crippen molar-refractivity contribution in [1.29, 1.82) is 0 Å². The first-order valence-corrected chi connectivity index (χ1v) is 9.17. The number of morpholine rings is 1. The topological polar surface area (TPSA) is 15.7 Å². The van der Waals surface area contributed by atoms with Crippen molar-refractivity contribution in [3.05, 3.63) is 34.9 Å². The van der Waals surface area contributed by atoms with Gasteiger partial charge in [-0.3, -0.25) is 9.80 Å². The van der Waals surface area contributed by atoms with E-state index in [-0.39, 0.29) is 5.41 Å². The Morgan fingerprint density at radius 1 is 0.957 bits per heavy atom. The molecule has 1 aromatic rings. The molecule has 23 heavy (non-hydrogen) atoms. The lowest BCUT2D eigenvalue weighted by Gasteiger charge is -2.32. The van der Waals surface area contributed by atoms with Gasteiger partial charge in [-0.1, -0.05) is 39.0 Å². The maximum atomic E-state index is 5.42. The first-order valence-electron chi connectivity index (χ1n) is 9.17. The van der Waals surface area contributed by atoms with Crippen molar-refractivity contribution in [2.24, 2.45) is 0 Å². The van der Waals surface area contributed by atoms with E-state index in [0.717, 1.165) is 32.8 Å². The van der Waals surface area contributed by atoms with Crippen LogP contribution in [0.3, 0.4) is 0 Å². The van der Waals surface area contributed by atoms with Gasteiger partial charge >= 0.3 is 0 Å². The molecule has 0 atom stereocenters. The van der Waals surface area contributed by atoms with E-state index in [1.807, 2.05) is 0 Å². The van der Waals surface area contributed by atoms with Crippen LogP contribution >= 0.6 is 0 Å². The summed E-state index contributed by atoms with van der Waals surface area (Å²) in [5.74, 6) is 0. The summed E-state index contributed by atoms with van der Waals surface area (Å²) in [7, 11) is 0. The maximum Gasteiger partial charge on any atom is 0.0594 e. The van der Waals surface area contributed by atoms with Gasteiger partial charge in [0.2, 0.25) is 0 Å². The Bertz CT molecular complexity index is 515. The predicted molar refractivity (Wildman–Crippen MR) is 96.0 cm³/mol. The fourth-order valence-electron chi connectivity index (χ4n) is 3.62. The zero-order valence-corrected chi connectivity index (χ0v) is 15.1. The Balaban J connectivity index is 1.52. The van der Waals surface area contributed by atoms with E-state index in [0.29, 0.717) is 0 Å². The highest BCUT2D eigenvalue weighted by Gasteiger charge is 2.20. The van der Waals surface area contributed by atoms with Crippen LogP contribution in [0.4, 0.5) is 0 Å². The highest BCUT2D eigenvalue weighted by Crippen LogP contribution is 2.27. The van der Waals surface area contributed by atoms with E-state index in [4.69, 9.17) is 4.74 Å². The average molecular weight is 316 g/mol. The Labute approximate surface area is 141 Å². The zero-order valence-electron chi connectivity index (χ0n) is 15.1. The van der Waals surface area contributed by atoms with Crippen molar-refractivity contribution in [3.63, 3.8) is 0 Å². The smallest absolute Gasteiger partial charge is 0.0594 e. The van der Waals surface area contributed by atoms with Crippen LogP contribution in [0.25, 0.3) is 0 Å². The van der Waals surface area contributed by atoms with Crippen LogP contribution in [0.1, 0.15) is 43.9 Å². The van der Waals surface area contributed by atoms with Crippen molar-refractivity contribution in [3.8, 4) is 0 Å². The molecule has 0 N–H and O–H groups in total. The van der Waals surface area contributed by atoms with Crippen LogP contribution < -0.4 is 0 Å². The number of ether oxygens (including phenoxy) is 1. The molecule has 1 saturated heterocycles. The highest BCUT2D eigenvalue weighted by atomic mass is 16.5. The molecule has 2 aliphatic heterocycles. The van der Waals surface area contributed by atoms with Gasteiger partial charge in [0.15, 0.2) is 0 Å². The largest absolute Gasteiger partial charge is 0.379 e. The molecule has 1 fully saturated rings. The predicted octanol–water partition coefficient (Wildman–Crippen LogP) is 3.06. The lowest BCUT2D eigenvalue weighted by Crippen LogP contribution is -2.39. The van der Waals surface area contributed by atoms with Crippen LogP contribution in [0.2, 0.25) is 0 Å². The summed E-state index contributed by atoms with van der Waals surface area (Å²) in [6, 6.07) is 7.14. The molecule has 3 heteroatoms. The average Bonchev–Trinajstić information content (AvgIpc) is 2.54. The molecule has 1 aromatic carbocycles. The molecule has 0 saturated carbocycles. The SMILES string of the molecule is CC(C)(C)c1ccc2c(c1)CN(CCCN1CCOCC1)CC2. The Morgan fingerprint density at radius 2 is 1.70 bits per heavy atom. The summed E-state index contributed by atoms with van der Waals surface area (Å²) in [6.07, 6.45) is 2.48. The molecule has 0 unspecified atom stereocenters. The first kappa shape index (κ1) is 16.9. The van der Waals surface area contributed by atoms with Crippen molar-refractivity contribution < 1.29 is 4.74 Å². The molecule has 0 aliphatic carbocycles. The summed E-state index contributed by atoms with van der Waals surface area (Å²) in [4.78, 5) is 5.17. The van der Waals surface area contributed by atoms with Gasteiger partial charge in [-0.2, -0.15) is 0 Å². The number of hydrogen-bond acceptors (Lipinski definition) is 3. The Kier molecular flexibility index (Phi) is 5.40. The summed E-state index contributed by atoms with van der Waals surface area (Å²) >= 11 is 0. The second-order valence-electron chi connectivity index (χ2n) is 8.07. The molecular weight excluding hydrogens is 284 g/mol. The lowest BCUT2D eigenvalue weighted by molar-refractivity contribution is 0.0359. The molecule has 128 valence electrons. The molecule has 0 aromatic heterocycles. The molecule has 0 spiro atoms. The van der Waals surface area contributed by atoms with Gasteiger partial charge in [-0.25, -0.2) is 0 Å². The summed E-state index contributed by atoms with van der Waals surface area (Å²) in [5.41, 5.74) is 4.82. The van der Waals surface area contributed by atoms with Gasteiger partial charge in [0.25, 0.3) is 0 Å². The number of fused-ring (bicyclic) bond motifs is 1. The van der Waals surface area contributed by atoms with Gasteiger partial charge in [0.05, 0.1) is 13.2 Å². The second kappa shape index (κ2) is 7.33. The van der Waals surface area contributed by atoms with Gasteiger partial charge < -0.3 is 4.74 Å². The van der Waals surface area contributed by atoms with Crippen molar-refractivity contribution in [1.82, 2.24) is 9.80 Å². The first-order chi connectivity index (χ1) is 11.0. The molecule has 3 nitrogen and oxygen atoms in total. The minimum absolute atomic E-state index is 0.244. The molecule has 2 aliphatic rings. The maximum absolute atomic E-state index is 5.42. The molecule has 2 heterocycles. The van der Waals surface area contributed by atoms with Crippen molar-refractivity contribution in [2.75, 3.05) is 45.9 Å². The van der Waals surface area contributed by atoms with Crippen LogP contribution in [0.5, 0.6) is 0 Å². The van der Waals surface area contributed by atoms with E-state index < -0.39 is 0 Å². The normalized spacial score (nSPS) is 20.5. The summed E-state index contributed by atoms with van der Waals surface area (Å²) < 4.78 is 5.42. The molecule has 0 bridgehead atoms. The summed E-state index contributed by atoms with van der Waals surface area (Å²) in [5, 5.41) is 0. The molecule has 0 amide bonds. The van der Waals surface area contributed by atoms with E-state index in [1.165, 1.54) is 38.0 Å². The fourth-order valence-corrected chi connectivity index (χ4v) is 3.62. The van der Waals surface area contributed by atoms with Gasteiger partial charge in [-0.05, 0) is 48.0 Å². The van der Waals surface area contributed by atoms with Gasteiger partial charge in [0, 0.05) is 26.2 Å². The van der Waals surface area contributed by atoms with Crippen LogP contribution in [-0.4, -0.2) is 55.7 Å². The molecular formula is C20H32N2O. The number of nitrogens with zero attached hydrogens (tertiary/aromatic N) is 2. The molecule has 3 rings (SSSR count). The third-order valence-electron chi connectivity index (χ3n) is 5.22. The van der Waals surface area contributed by atoms with Gasteiger partial charge in [0.1, 0.15) is 0 Å². The zero-order chi connectivity index (χ0) is 16.3. The van der Waals surface area contributed by atoms with Crippen LogP contribution in [-0.2, 0) is 23.1 Å². The van der Waals surface area contributed by atoms with Crippen LogP contribution in [0.15, 0.2) is 18.2 Å². The van der Waals surface area contributed by atoms with Crippen molar-refractivity contribution >= 4 is 0 Å². The van der Waals surface area contributed by atoms with E-state index in [2.05, 4.69) is 48.8 Å². The minimum atomic E-state index is 0.244. The second-order valence-corrected chi connectivity index (χ2v) is 8.07. The minimum Gasteiger partial charge on any atom is -0.379 e. The quantitative estimate of drug-likeness (QED) is 0.849.